The summed E-state index contributed by atoms with van der Waals surface area (Å²) >= 11 is 6.14. The first kappa shape index (κ1) is 16.6. The molecule has 124 valence electrons. The van der Waals surface area contributed by atoms with Gasteiger partial charge in [0.1, 0.15) is 5.75 Å². The molecule has 0 aromatic heterocycles. The number of halogens is 1. The van der Waals surface area contributed by atoms with E-state index in [2.05, 4.69) is 19.2 Å². The Labute approximate surface area is 147 Å². The van der Waals surface area contributed by atoms with Crippen LogP contribution in [0.2, 0.25) is 5.02 Å². The summed E-state index contributed by atoms with van der Waals surface area (Å²) < 4.78 is 5.29. The Balaban J connectivity index is 2.05. The van der Waals surface area contributed by atoms with E-state index in [9.17, 15) is 4.79 Å². The van der Waals surface area contributed by atoms with Crippen LogP contribution in [0.25, 0.3) is 5.70 Å². The summed E-state index contributed by atoms with van der Waals surface area (Å²) in [6.07, 6.45) is 2.49. The molecule has 24 heavy (non-hydrogen) atoms. The molecule has 3 nitrogen and oxygen atoms in total. The van der Waals surface area contributed by atoms with Crippen molar-refractivity contribution in [2.24, 2.45) is 0 Å². The van der Waals surface area contributed by atoms with Gasteiger partial charge in [-0.3, -0.25) is 4.79 Å². The molecular formula is C20H20ClNO2. The van der Waals surface area contributed by atoms with Crippen molar-refractivity contribution in [1.29, 1.82) is 0 Å². The summed E-state index contributed by atoms with van der Waals surface area (Å²) in [7, 11) is 1.57. The lowest BCUT2D eigenvalue weighted by molar-refractivity contribution is 0.104. The number of para-hydroxylation sites is 1. The molecule has 4 heteroatoms. The number of ether oxygens (including phenoxy) is 1. The number of hydrogen-bond donors (Lipinski definition) is 1. The summed E-state index contributed by atoms with van der Waals surface area (Å²) in [5.74, 6) is 0.485. The van der Waals surface area contributed by atoms with E-state index in [4.69, 9.17) is 16.3 Å². The van der Waals surface area contributed by atoms with Gasteiger partial charge in [0.05, 0.1) is 12.7 Å². The van der Waals surface area contributed by atoms with Gasteiger partial charge in [0.15, 0.2) is 5.78 Å². The maximum atomic E-state index is 12.8. The van der Waals surface area contributed by atoms with E-state index >= 15 is 0 Å². The van der Waals surface area contributed by atoms with Crippen LogP contribution >= 0.6 is 11.6 Å². The van der Waals surface area contributed by atoms with Crippen molar-refractivity contribution in [3.63, 3.8) is 0 Å². The van der Waals surface area contributed by atoms with Gasteiger partial charge in [0.2, 0.25) is 0 Å². The number of ketones is 1. The molecule has 1 heterocycles. The lowest BCUT2D eigenvalue weighted by atomic mass is 9.85. The molecule has 0 saturated carbocycles. The standard InChI is InChI=1S/C20H20ClNO2/c1-20(2)12-13-10-14(21)8-9-15(13)17(22-20)11-18(23)16-6-4-5-7-19(16)24-3/h4-11,22H,12H2,1-3H3/b17-11-. The fourth-order valence-corrected chi connectivity index (χ4v) is 3.29. The van der Waals surface area contributed by atoms with E-state index in [1.165, 1.54) is 0 Å². The zero-order chi connectivity index (χ0) is 17.3. The van der Waals surface area contributed by atoms with Crippen LogP contribution in [0, 0.1) is 0 Å². The molecule has 0 aliphatic carbocycles. The molecule has 1 N–H and O–H groups in total. The van der Waals surface area contributed by atoms with Crippen LogP contribution in [0.5, 0.6) is 5.75 Å². The zero-order valence-corrected chi connectivity index (χ0v) is 14.8. The number of fused-ring (bicyclic) bond motifs is 1. The second kappa shape index (κ2) is 6.33. The number of methoxy groups -OCH3 is 1. The summed E-state index contributed by atoms with van der Waals surface area (Å²) in [4.78, 5) is 12.8. The molecule has 0 atom stereocenters. The average Bonchev–Trinajstić information content (AvgIpc) is 2.53. The van der Waals surface area contributed by atoms with Crippen molar-refractivity contribution in [3.8, 4) is 5.75 Å². The summed E-state index contributed by atoms with van der Waals surface area (Å²) in [5.41, 5.74) is 3.37. The number of nitrogens with one attached hydrogen (secondary N) is 1. The van der Waals surface area contributed by atoms with Crippen LogP contribution in [0.15, 0.2) is 48.5 Å². The predicted octanol–water partition coefficient (Wildman–Crippen LogP) is 4.50. The zero-order valence-electron chi connectivity index (χ0n) is 14.0. The number of allylic oxidation sites excluding steroid dienone is 1. The molecule has 0 fully saturated rings. The highest BCUT2D eigenvalue weighted by Gasteiger charge is 2.28. The Morgan fingerprint density at radius 3 is 2.75 bits per heavy atom. The minimum Gasteiger partial charge on any atom is -0.496 e. The molecule has 0 radical (unpaired) electrons. The Bertz CT molecular complexity index is 824. The molecule has 2 aromatic rings. The Morgan fingerprint density at radius 2 is 2.00 bits per heavy atom. The number of benzene rings is 2. The van der Waals surface area contributed by atoms with Crippen molar-refractivity contribution in [3.05, 3.63) is 70.3 Å². The van der Waals surface area contributed by atoms with Crippen molar-refractivity contribution in [2.75, 3.05) is 7.11 Å². The van der Waals surface area contributed by atoms with Gasteiger partial charge in [0.25, 0.3) is 0 Å². The van der Waals surface area contributed by atoms with Gasteiger partial charge in [-0.1, -0.05) is 29.8 Å². The molecule has 0 bridgehead atoms. The van der Waals surface area contributed by atoms with E-state index in [0.29, 0.717) is 16.3 Å². The second-order valence-corrected chi connectivity index (χ2v) is 7.05. The van der Waals surface area contributed by atoms with Crippen LogP contribution in [-0.2, 0) is 6.42 Å². The highest BCUT2D eigenvalue weighted by atomic mass is 35.5. The van der Waals surface area contributed by atoms with Gasteiger partial charge < -0.3 is 10.1 Å². The third-order valence-electron chi connectivity index (χ3n) is 4.11. The van der Waals surface area contributed by atoms with Gasteiger partial charge in [0, 0.05) is 27.9 Å². The molecule has 2 aromatic carbocycles. The molecule has 0 unspecified atom stereocenters. The SMILES string of the molecule is COc1ccccc1C(=O)/C=C1\NC(C)(C)Cc2cc(Cl)ccc21. The van der Waals surface area contributed by atoms with Gasteiger partial charge in [-0.2, -0.15) is 0 Å². The Hall–Kier alpha value is -2.26. The summed E-state index contributed by atoms with van der Waals surface area (Å²) in [6.45, 7) is 4.22. The molecule has 1 aliphatic heterocycles. The first-order valence-corrected chi connectivity index (χ1v) is 8.23. The van der Waals surface area contributed by atoms with Crippen LogP contribution in [0.4, 0.5) is 0 Å². The summed E-state index contributed by atoms with van der Waals surface area (Å²) in [6, 6.07) is 13.0. The normalized spacial score (nSPS) is 17.1. The highest BCUT2D eigenvalue weighted by Crippen LogP contribution is 2.32. The predicted molar refractivity (Wildman–Crippen MR) is 97.7 cm³/mol. The number of hydrogen-bond acceptors (Lipinski definition) is 3. The quantitative estimate of drug-likeness (QED) is 0.660. The topological polar surface area (TPSA) is 38.3 Å². The van der Waals surface area contributed by atoms with Crippen LogP contribution in [0.3, 0.4) is 0 Å². The van der Waals surface area contributed by atoms with Crippen LogP contribution in [-0.4, -0.2) is 18.4 Å². The van der Waals surface area contributed by atoms with Gasteiger partial charge >= 0.3 is 0 Å². The fraction of sp³-hybridized carbons (Fsp3) is 0.250. The monoisotopic (exact) mass is 341 g/mol. The minimum absolute atomic E-state index is 0.0893. The third-order valence-corrected chi connectivity index (χ3v) is 4.35. The number of rotatable bonds is 3. The Morgan fingerprint density at radius 1 is 1.25 bits per heavy atom. The first-order chi connectivity index (χ1) is 11.4. The molecule has 0 saturated heterocycles. The van der Waals surface area contributed by atoms with E-state index in [1.807, 2.05) is 30.3 Å². The molecule has 0 spiro atoms. The fourth-order valence-electron chi connectivity index (χ4n) is 3.09. The summed E-state index contributed by atoms with van der Waals surface area (Å²) in [5, 5.41) is 4.17. The minimum atomic E-state index is -0.148. The molecule has 3 rings (SSSR count). The maximum absolute atomic E-state index is 12.8. The van der Waals surface area contributed by atoms with E-state index in [0.717, 1.165) is 23.2 Å². The highest BCUT2D eigenvalue weighted by molar-refractivity contribution is 6.30. The number of carbonyl (C=O) groups excluding carboxylic acids is 1. The van der Waals surface area contributed by atoms with Crippen LogP contribution in [0.1, 0.15) is 35.3 Å². The maximum Gasteiger partial charge on any atom is 0.191 e. The molecule has 1 aliphatic rings. The van der Waals surface area contributed by atoms with Crippen molar-refractivity contribution in [1.82, 2.24) is 5.32 Å². The van der Waals surface area contributed by atoms with Crippen LogP contribution < -0.4 is 10.1 Å². The van der Waals surface area contributed by atoms with Crippen molar-refractivity contribution in [2.45, 2.75) is 25.8 Å². The molecule has 0 amide bonds. The van der Waals surface area contributed by atoms with E-state index in [-0.39, 0.29) is 11.3 Å². The molecular weight excluding hydrogens is 322 g/mol. The Kier molecular flexibility index (Phi) is 4.37. The van der Waals surface area contributed by atoms with Crippen molar-refractivity contribution >= 4 is 23.1 Å². The third kappa shape index (κ3) is 3.31. The van der Waals surface area contributed by atoms with Gasteiger partial charge in [-0.05, 0) is 50.1 Å². The van der Waals surface area contributed by atoms with E-state index < -0.39 is 0 Å². The van der Waals surface area contributed by atoms with Gasteiger partial charge in [-0.15, -0.1) is 0 Å². The lowest BCUT2D eigenvalue weighted by Crippen LogP contribution is -2.43. The average molecular weight is 342 g/mol. The van der Waals surface area contributed by atoms with Crippen molar-refractivity contribution < 1.29 is 9.53 Å². The van der Waals surface area contributed by atoms with E-state index in [1.54, 1.807) is 25.3 Å². The number of carbonyl (C=O) groups is 1. The second-order valence-electron chi connectivity index (χ2n) is 6.61. The van der Waals surface area contributed by atoms with Gasteiger partial charge in [-0.25, -0.2) is 0 Å². The lowest BCUT2D eigenvalue weighted by Gasteiger charge is -2.35. The smallest absolute Gasteiger partial charge is 0.191 e. The first-order valence-electron chi connectivity index (χ1n) is 7.86. The largest absolute Gasteiger partial charge is 0.496 e.